The first kappa shape index (κ1) is 20.2. The third-order valence-electron chi connectivity index (χ3n) is 5.83. The molecule has 1 aliphatic rings. The van der Waals surface area contributed by atoms with E-state index in [1.807, 2.05) is 32.2 Å². The summed E-state index contributed by atoms with van der Waals surface area (Å²) < 4.78 is 2.05. The molecule has 0 atom stereocenters. The second-order valence-electron chi connectivity index (χ2n) is 8.16. The largest absolute Gasteiger partial charge is 0.350 e. The lowest BCUT2D eigenvalue weighted by Crippen LogP contribution is -2.51. The third-order valence-corrected chi connectivity index (χ3v) is 5.83. The maximum Gasteiger partial charge on any atom is 0.313 e. The predicted octanol–water partition coefficient (Wildman–Crippen LogP) is 3.08. The molecule has 0 aliphatic carbocycles. The number of aryl methyl sites for hydroxylation is 3. The molecule has 2 heterocycles. The van der Waals surface area contributed by atoms with Gasteiger partial charge in [-0.1, -0.05) is 29.8 Å². The van der Waals surface area contributed by atoms with Crippen LogP contribution in [0.4, 0.5) is 5.69 Å². The van der Waals surface area contributed by atoms with Crippen molar-refractivity contribution in [1.82, 2.24) is 14.4 Å². The van der Waals surface area contributed by atoms with E-state index in [0.717, 1.165) is 36.1 Å². The summed E-state index contributed by atoms with van der Waals surface area (Å²) in [5.41, 5.74) is 5.40. The minimum atomic E-state index is -0.574. The number of fused-ring (bicyclic) bond motifs is 1. The molecule has 2 aromatic carbocycles. The number of anilines is 1. The third kappa shape index (κ3) is 4.24. The van der Waals surface area contributed by atoms with E-state index in [0.29, 0.717) is 18.8 Å². The Kier molecular flexibility index (Phi) is 5.59. The molecule has 3 aromatic rings. The van der Waals surface area contributed by atoms with E-state index in [9.17, 15) is 9.59 Å². The summed E-state index contributed by atoms with van der Waals surface area (Å²) in [6, 6.07) is 14.3. The number of carbonyl (C=O) groups is 2. The van der Waals surface area contributed by atoms with Crippen molar-refractivity contribution in [1.29, 1.82) is 0 Å². The first-order chi connectivity index (χ1) is 14.4. The van der Waals surface area contributed by atoms with Crippen LogP contribution in [0.3, 0.4) is 0 Å². The van der Waals surface area contributed by atoms with E-state index in [2.05, 4.69) is 52.2 Å². The number of nitrogens with zero attached hydrogens (tertiary/aromatic N) is 3. The van der Waals surface area contributed by atoms with E-state index in [-0.39, 0.29) is 0 Å². The number of hydrogen-bond donors (Lipinski definition) is 1. The number of benzene rings is 2. The van der Waals surface area contributed by atoms with E-state index in [1.165, 1.54) is 11.1 Å². The van der Waals surface area contributed by atoms with E-state index in [4.69, 9.17) is 0 Å². The summed E-state index contributed by atoms with van der Waals surface area (Å²) in [6.45, 7) is 7.65. The molecule has 1 N–H and O–H groups in total. The Labute approximate surface area is 177 Å². The van der Waals surface area contributed by atoms with Crippen LogP contribution in [-0.4, -0.2) is 52.4 Å². The molecule has 0 bridgehead atoms. The first-order valence-electron chi connectivity index (χ1n) is 10.3. The zero-order valence-electron chi connectivity index (χ0n) is 17.8. The molecule has 6 nitrogen and oxygen atoms in total. The maximum atomic E-state index is 12.6. The molecule has 30 heavy (non-hydrogen) atoms. The SMILES string of the molecule is Cc1ccc(CN2CCN(C(=O)C(=O)Nc3ccc4c(c3)c(C)cn4C)CC2)cc1. The molecule has 156 valence electrons. The Balaban J connectivity index is 1.33. The monoisotopic (exact) mass is 404 g/mol. The van der Waals surface area contributed by atoms with Crippen LogP contribution in [-0.2, 0) is 23.2 Å². The quantitative estimate of drug-likeness (QED) is 0.683. The second kappa shape index (κ2) is 8.32. The summed E-state index contributed by atoms with van der Waals surface area (Å²) in [4.78, 5) is 29.1. The topological polar surface area (TPSA) is 57.6 Å². The van der Waals surface area contributed by atoms with Crippen LogP contribution >= 0.6 is 0 Å². The molecule has 1 aliphatic heterocycles. The molecule has 0 saturated carbocycles. The van der Waals surface area contributed by atoms with Gasteiger partial charge in [0.25, 0.3) is 0 Å². The Hall–Kier alpha value is -3.12. The van der Waals surface area contributed by atoms with Crippen molar-refractivity contribution in [2.45, 2.75) is 20.4 Å². The average molecular weight is 405 g/mol. The number of carbonyl (C=O) groups excluding carboxylic acids is 2. The first-order valence-corrected chi connectivity index (χ1v) is 10.3. The minimum absolute atomic E-state index is 0.463. The highest BCUT2D eigenvalue weighted by molar-refractivity contribution is 6.39. The Bertz CT molecular complexity index is 1080. The standard InChI is InChI=1S/C24H28N4O2/c1-17-4-6-19(7-5-17)16-27-10-12-28(13-11-27)24(30)23(29)25-20-8-9-22-21(14-20)18(2)15-26(22)3/h4-9,14-15H,10-13,16H2,1-3H3,(H,25,29). The van der Waals surface area contributed by atoms with E-state index >= 15 is 0 Å². The number of hydrogen-bond acceptors (Lipinski definition) is 3. The van der Waals surface area contributed by atoms with Gasteiger partial charge in [-0.2, -0.15) is 0 Å². The number of aromatic nitrogens is 1. The van der Waals surface area contributed by atoms with Gasteiger partial charge in [-0.15, -0.1) is 0 Å². The number of piperazine rings is 1. The van der Waals surface area contributed by atoms with Crippen molar-refractivity contribution in [3.63, 3.8) is 0 Å². The van der Waals surface area contributed by atoms with Gasteiger partial charge in [-0.25, -0.2) is 0 Å². The summed E-state index contributed by atoms with van der Waals surface area (Å²) in [5.74, 6) is -1.04. The summed E-state index contributed by atoms with van der Waals surface area (Å²) in [7, 11) is 2.00. The molecule has 1 aromatic heterocycles. The molecule has 0 spiro atoms. The second-order valence-corrected chi connectivity index (χ2v) is 8.16. The van der Waals surface area contributed by atoms with Crippen LogP contribution in [0.2, 0.25) is 0 Å². The van der Waals surface area contributed by atoms with Crippen LogP contribution in [0, 0.1) is 13.8 Å². The number of nitrogens with one attached hydrogen (secondary N) is 1. The molecule has 1 saturated heterocycles. The van der Waals surface area contributed by atoms with Gasteiger partial charge in [0, 0.05) is 62.6 Å². The lowest BCUT2D eigenvalue weighted by atomic mass is 10.1. The van der Waals surface area contributed by atoms with Crippen LogP contribution in [0.15, 0.2) is 48.7 Å². The van der Waals surface area contributed by atoms with Gasteiger partial charge >= 0.3 is 11.8 Å². The van der Waals surface area contributed by atoms with E-state index in [1.54, 1.807) is 4.90 Å². The minimum Gasteiger partial charge on any atom is -0.350 e. The van der Waals surface area contributed by atoms with Crippen LogP contribution in [0.1, 0.15) is 16.7 Å². The van der Waals surface area contributed by atoms with Crippen LogP contribution in [0.25, 0.3) is 10.9 Å². The fourth-order valence-corrected chi connectivity index (χ4v) is 4.06. The lowest BCUT2D eigenvalue weighted by molar-refractivity contribution is -0.144. The fourth-order valence-electron chi connectivity index (χ4n) is 4.06. The lowest BCUT2D eigenvalue weighted by Gasteiger charge is -2.34. The molecule has 6 heteroatoms. The van der Waals surface area contributed by atoms with E-state index < -0.39 is 11.8 Å². The van der Waals surface area contributed by atoms with Crippen molar-refractivity contribution in [2.75, 3.05) is 31.5 Å². The normalized spacial score (nSPS) is 14.8. The van der Waals surface area contributed by atoms with Gasteiger partial charge in [-0.3, -0.25) is 14.5 Å². The van der Waals surface area contributed by atoms with Gasteiger partial charge in [0.15, 0.2) is 0 Å². The fraction of sp³-hybridized carbons (Fsp3) is 0.333. The number of rotatable bonds is 3. The Morgan fingerprint density at radius 1 is 0.967 bits per heavy atom. The van der Waals surface area contributed by atoms with Crippen molar-refractivity contribution >= 4 is 28.4 Å². The van der Waals surface area contributed by atoms with Gasteiger partial charge in [0.1, 0.15) is 0 Å². The molecule has 1 fully saturated rings. The van der Waals surface area contributed by atoms with Crippen LogP contribution < -0.4 is 5.32 Å². The maximum absolute atomic E-state index is 12.6. The highest BCUT2D eigenvalue weighted by Crippen LogP contribution is 2.23. The van der Waals surface area contributed by atoms with Crippen molar-refractivity contribution < 1.29 is 9.59 Å². The van der Waals surface area contributed by atoms with Crippen molar-refractivity contribution in [2.24, 2.45) is 7.05 Å². The van der Waals surface area contributed by atoms with Gasteiger partial charge in [-0.05, 0) is 43.2 Å². The molecular formula is C24H28N4O2. The zero-order chi connectivity index (χ0) is 21.3. The summed E-state index contributed by atoms with van der Waals surface area (Å²) in [5, 5.41) is 3.85. The van der Waals surface area contributed by atoms with Crippen LogP contribution in [0.5, 0.6) is 0 Å². The highest BCUT2D eigenvalue weighted by atomic mass is 16.2. The van der Waals surface area contributed by atoms with Crippen molar-refractivity contribution in [3.05, 3.63) is 65.4 Å². The molecule has 4 rings (SSSR count). The molecule has 0 unspecified atom stereocenters. The van der Waals surface area contributed by atoms with Crippen molar-refractivity contribution in [3.8, 4) is 0 Å². The molecule has 2 amide bonds. The molecule has 0 radical (unpaired) electrons. The predicted molar refractivity (Wildman–Crippen MR) is 119 cm³/mol. The number of amides is 2. The summed E-state index contributed by atoms with van der Waals surface area (Å²) >= 11 is 0. The van der Waals surface area contributed by atoms with Gasteiger partial charge in [0.2, 0.25) is 0 Å². The Morgan fingerprint density at radius 2 is 1.67 bits per heavy atom. The van der Waals surface area contributed by atoms with Gasteiger partial charge in [0.05, 0.1) is 0 Å². The summed E-state index contributed by atoms with van der Waals surface area (Å²) in [6.07, 6.45) is 2.05. The van der Waals surface area contributed by atoms with Gasteiger partial charge < -0.3 is 14.8 Å². The molecular weight excluding hydrogens is 376 g/mol. The average Bonchev–Trinajstić information content (AvgIpc) is 3.03. The zero-order valence-corrected chi connectivity index (χ0v) is 17.8. The highest BCUT2D eigenvalue weighted by Gasteiger charge is 2.26. The smallest absolute Gasteiger partial charge is 0.313 e. The Morgan fingerprint density at radius 3 is 2.37 bits per heavy atom.